The molecule has 0 fully saturated rings. The van der Waals surface area contributed by atoms with Crippen LogP contribution in [0.4, 0.5) is 0 Å². The first-order chi connectivity index (χ1) is 24.7. The topological polar surface area (TPSA) is 76.3 Å². The summed E-state index contributed by atoms with van der Waals surface area (Å²) < 4.78 is 2.15. The van der Waals surface area contributed by atoms with Crippen LogP contribution in [0.3, 0.4) is 0 Å². The summed E-state index contributed by atoms with van der Waals surface area (Å²) in [6.45, 7) is 0. The average Bonchev–Trinajstić information content (AvgIpc) is 3.53. The van der Waals surface area contributed by atoms with Crippen molar-refractivity contribution in [2.75, 3.05) is 0 Å². The normalized spacial score (nSPS) is 11.1. The Morgan fingerprint density at radius 3 is 1.60 bits per heavy atom. The Kier molecular flexibility index (Phi) is 7.63. The zero-order chi connectivity index (χ0) is 34.1. The quantitative estimate of drug-likeness (QED) is 0.138. The molecule has 0 aliphatic carbocycles. The smallest absolute Gasteiger partial charge is 0.181 e. The molecule has 0 saturated carbocycles. The molecule has 4 nitrogen and oxygen atoms in total. The molecule has 50 heavy (non-hydrogen) atoms. The van der Waals surface area contributed by atoms with Gasteiger partial charge in [-0.1, -0.05) is 127 Å². The molecule has 1 heterocycles. The summed E-state index contributed by atoms with van der Waals surface area (Å²) in [7, 11) is -3.14. The fourth-order valence-electron chi connectivity index (χ4n) is 7.59. The zero-order valence-corrected chi connectivity index (χ0v) is 28.0. The monoisotopic (exact) mass is 652 g/mol. The van der Waals surface area contributed by atoms with Crippen LogP contribution in [0.25, 0.3) is 38.6 Å². The average molecular weight is 653 g/mol. The Morgan fingerprint density at radius 1 is 0.420 bits per heavy atom. The van der Waals surface area contributed by atoms with Crippen molar-refractivity contribution in [3.63, 3.8) is 0 Å². The SMILES string of the molecule is N#Cc1ccc2c(c1)c1ccccc1n2-c1ccc(-c2cccc(C#N)c2[Si](c2ccccc2)(c2ccccc2)c2ccccc2)c(C#N)c1. The van der Waals surface area contributed by atoms with Gasteiger partial charge in [-0.15, -0.1) is 0 Å². The molecule has 8 aromatic rings. The van der Waals surface area contributed by atoms with Crippen molar-refractivity contribution in [2.45, 2.75) is 0 Å². The Hall–Kier alpha value is -6.97. The lowest BCUT2D eigenvalue weighted by Crippen LogP contribution is -2.75. The van der Waals surface area contributed by atoms with Gasteiger partial charge < -0.3 is 4.57 Å². The van der Waals surface area contributed by atoms with Crippen molar-refractivity contribution in [3.05, 3.63) is 187 Å². The maximum Gasteiger partial charge on any atom is 0.181 e. The van der Waals surface area contributed by atoms with Crippen LogP contribution in [0.15, 0.2) is 170 Å². The second-order valence-corrected chi connectivity index (χ2v) is 16.0. The van der Waals surface area contributed by atoms with Crippen molar-refractivity contribution in [1.82, 2.24) is 4.57 Å². The van der Waals surface area contributed by atoms with Crippen molar-refractivity contribution in [2.24, 2.45) is 0 Å². The highest BCUT2D eigenvalue weighted by Gasteiger charge is 2.44. The van der Waals surface area contributed by atoms with E-state index in [-0.39, 0.29) is 0 Å². The van der Waals surface area contributed by atoms with E-state index in [1.54, 1.807) is 0 Å². The molecule has 1 aromatic heterocycles. The largest absolute Gasteiger partial charge is 0.309 e. The standard InChI is InChI=1S/C45H28N4Si/c46-29-32-23-26-44-42(27-32)40-20-10-11-22-43(40)49(44)35-24-25-39(34(28-35)31-48)41-21-12-13-33(30-47)45(41)50(36-14-4-1-5-15-36,37-16-6-2-7-17-37)38-18-8-3-9-19-38/h1-28H. The van der Waals surface area contributed by atoms with Gasteiger partial charge in [-0.25, -0.2) is 0 Å². The minimum absolute atomic E-state index is 0.510. The number of para-hydroxylation sites is 1. The Morgan fingerprint density at radius 2 is 1.00 bits per heavy atom. The van der Waals surface area contributed by atoms with Crippen molar-refractivity contribution >= 4 is 50.6 Å². The lowest BCUT2D eigenvalue weighted by molar-refractivity contribution is 1.18. The van der Waals surface area contributed by atoms with E-state index in [4.69, 9.17) is 0 Å². The Bertz CT molecular complexity index is 2580. The molecule has 0 spiro atoms. The number of benzene rings is 7. The summed E-state index contributed by atoms with van der Waals surface area (Å²) in [6.07, 6.45) is 0. The van der Waals surface area contributed by atoms with Gasteiger partial charge in [0.25, 0.3) is 0 Å². The van der Waals surface area contributed by atoms with Crippen LogP contribution < -0.4 is 20.7 Å². The predicted octanol–water partition coefficient (Wildman–Crippen LogP) is 7.44. The maximum absolute atomic E-state index is 10.8. The molecule has 0 amide bonds. The second kappa shape index (κ2) is 12.6. The number of rotatable bonds is 6. The van der Waals surface area contributed by atoms with Crippen LogP contribution in [0.5, 0.6) is 0 Å². The van der Waals surface area contributed by atoms with Crippen LogP contribution in [0.2, 0.25) is 0 Å². The van der Waals surface area contributed by atoms with Crippen molar-refractivity contribution in [3.8, 4) is 35.0 Å². The van der Waals surface area contributed by atoms with Gasteiger partial charge >= 0.3 is 0 Å². The van der Waals surface area contributed by atoms with E-state index >= 15 is 0 Å². The summed E-state index contributed by atoms with van der Waals surface area (Å²) in [6, 6.07) is 64.7. The van der Waals surface area contributed by atoms with Gasteiger partial charge in [-0.2, -0.15) is 15.8 Å². The predicted molar refractivity (Wildman–Crippen MR) is 204 cm³/mol. The van der Waals surface area contributed by atoms with E-state index < -0.39 is 8.07 Å². The molecule has 0 aliphatic rings. The molecule has 8 rings (SSSR count). The van der Waals surface area contributed by atoms with Crippen molar-refractivity contribution in [1.29, 1.82) is 15.8 Å². The third-order valence-corrected chi connectivity index (χ3v) is 14.5. The van der Waals surface area contributed by atoms with E-state index in [1.165, 1.54) is 0 Å². The Balaban J connectivity index is 1.44. The molecule has 232 valence electrons. The van der Waals surface area contributed by atoms with Gasteiger partial charge in [-0.05, 0) is 74.3 Å². The summed E-state index contributed by atoms with van der Waals surface area (Å²) in [4.78, 5) is 0. The fraction of sp³-hybridized carbons (Fsp3) is 0. The van der Waals surface area contributed by atoms with E-state index in [2.05, 4.69) is 120 Å². The molecule has 5 heteroatoms. The highest BCUT2D eigenvalue weighted by atomic mass is 28.3. The van der Waals surface area contributed by atoms with Crippen LogP contribution >= 0.6 is 0 Å². The van der Waals surface area contributed by atoms with Crippen molar-refractivity contribution < 1.29 is 0 Å². The van der Waals surface area contributed by atoms with Gasteiger partial charge in [-0.3, -0.25) is 0 Å². The molecular weight excluding hydrogens is 625 g/mol. The Labute approximate surface area is 291 Å². The van der Waals surface area contributed by atoms with Gasteiger partial charge in [0, 0.05) is 16.5 Å². The third kappa shape index (κ3) is 4.72. The first-order valence-electron chi connectivity index (χ1n) is 16.4. The molecule has 0 N–H and O–H groups in total. The summed E-state index contributed by atoms with van der Waals surface area (Å²) in [5.74, 6) is 0. The minimum Gasteiger partial charge on any atom is -0.309 e. The van der Waals surface area contributed by atoms with E-state index in [9.17, 15) is 15.8 Å². The number of nitrogens with zero attached hydrogens (tertiary/aromatic N) is 4. The number of hydrogen-bond acceptors (Lipinski definition) is 3. The van der Waals surface area contributed by atoms with Crippen LogP contribution in [-0.2, 0) is 0 Å². The maximum atomic E-state index is 10.8. The van der Waals surface area contributed by atoms with E-state index in [0.29, 0.717) is 16.7 Å². The number of hydrogen-bond donors (Lipinski definition) is 0. The highest BCUT2D eigenvalue weighted by molar-refractivity contribution is 7.20. The summed E-state index contributed by atoms with van der Waals surface area (Å²) in [5.41, 5.74) is 6.14. The molecule has 0 radical (unpaired) electrons. The lowest BCUT2D eigenvalue weighted by Gasteiger charge is -2.36. The molecule has 0 atom stereocenters. The minimum atomic E-state index is -3.14. The van der Waals surface area contributed by atoms with Gasteiger partial charge in [0.1, 0.15) is 0 Å². The highest BCUT2D eigenvalue weighted by Crippen LogP contribution is 2.35. The zero-order valence-electron chi connectivity index (χ0n) is 27.0. The number of fused-ring (bicyclic) bond motifs is 3. The summed E-state index contributed by atoms with van der Waals surface area (Å²) >= 11 is 0. The molecule has 0 bridgehead atoms. The molecule has 0 saturated heterocycles. The van der Waals surface area contributed by atoms with Gasteiger partial charge in [0.15, 0.2) is 8.07 Å². The fourth-order valence-corrected chi connectivity index (χ4v) is 12.7. The molecule has 0 aliphatic heterocycles. The van der Waals surface area contributed by atoms with Gasteiger partial charge in [0.2, 0.25) is 0 Å². The second-order valence-electron chi connectivity index (χ2n) is 12.2. The summed E-state index contributed by atoms with van der Waals surface area (Å²) in [5, 5.41) is 37.7. The first-order valence-corrected chi connectivity index (χ1v) is 18.4. The number of nitriles is 3. The van der Waals surface area contributed by atoms with Gasteiger partial charge in [0.05, 0.1) is 45.9 Å². The third-order valence-electron chi connectivity index (χ3n) is 9.65. The molecular formula is C45H28N4Si. The van der Waals surface area contributed by atoms with Crippen LogP contribution in [0, 0.1) is 34.0 Å². The van der Waals surface area contributed by atoms with E-state index in [1.807, 2.05) is 72.8 Å². The molecule has 0 unspecified atom stereocenters. The van der Waals surface area contributed by atoms with Crippen LogP contribution in [-0.4, -0.2) is 12.6 Å². The lowest BCUT2D eigenvalue weighted by atomic mass is 9.98. The van der Waals surface area contributed by atoms with E-state index in [0.717, 1.165) is 59.4 Å². The molecule has 7 aromatic carbocycles. The number of aromatic nitrogens is 1. The first kappa shape index (κ1) is 30.4. The van der Waals surface area contributed by atoms with Crippen LogP contribution in [0.1, 0.15) is 16.7 Å².